The predicted octanol–water partition coefficient (Wildman–Crippen LogP) is 3.17. The lowest BCUT2D eigenvalue weighted by molar-refractivity contribution is 0.667. The third kappa shape index (κ3) is 2.34. The van der Waals surface area contributed by atoms with Crippen LogP contribution in [0.1, 0.15) is 18.9 Å². The van der Waals surface area contributed by atoms with Gasteiger partial charge in [-0.3, -0.25) is 4.98 Å². The minimum atomic E-state index is 0.190. The van der Waals surface area contributed by atoms with Crippen LogP contribution >= 0.6 is 11.6 Å². The van der Waals surface area contributed by atoms with Gasteiger partial charge in [-0.15, -0.1) is 0 Å². The van der Waals surface area contributed by atoms with Gasteiger partial charge >= 0.3 is 0 Å². The molecule has 0 bridgehead atoms. The molecule has 1 aromatic carbocycles. The van der Waals surface area contributed by atoms with E-state index in [0.29, 0.717) is 0 Å². The van der Waals surface area contributed by atoms with Crippen molar-refractivity contribution in [2.24, 2.45) is 5.73 Å². The van der Waals surface area contributed by atoms with E-state index in [9.17, 15) is 0 Å². The quantitative estimate of drug-likeness (QED) is 0.886. The summed E-state index contributed by atoms with van der Waals surface area (Å²) in [6.07, 6.45) is 3.61. The second-order valence-corrected chi connectivity index (χ2v) is 4.52. The number of aryl methyl sites for hydroxylation is 1. The van der Waals surface area contributed by atoms with E-state index in [2.05, 4.69) is 4.98 Å². The van der Waals surface area contributed by atoms with Crippen LogP contribution in [0.3, 0.4) is 0 Å². The summed E-state index contributed by atoms with van der Waals surface area (Å²) in [4.78, 5) is 4.39. The van der Waals surface area contributed by atoms with Crippen LogP contribution in [0.4, 0.5) is 0 Å². The summed E-state index contributed by atoms with van der Waals surface area (Å²) in [5.74, 6) is 0. The molecule has 0 aliphatic rings. The molecule has 84 valence electrons. The average molecular weight is 235 g/mol. The van der Waals surface area contributed by atoms with Crippen molar-refractivity contribution in [3.05, 3.63) is 41.0 Å². The van der Waals surface area contributed by atoms with Gasteiger partial charge < -0.3 is 5.73 Å². The summed E-state index contributed by atoms with van der Waals surface area (Å²) in [7, 11) is 0. The number of benzene rings is 1. The van der Waals surface area contributed by atoms with Crippen LogP contribution in [-0.4, -0.2) is 11.0 Å². The smallest absolute Gasteiger partial charge is 0.0748 e. The fourth-order valence-electron chi connectivity index (χ4n) is 1.79. The van der Waals surface area contributed by atoms with E-state index in [4.69, 9.17) is 17.3 Å². The molecular formula is C13H15ClN2. The fourth-order valence-corrected chi connectivity index (χ4v) is 2.04. The van der Waals surface area contributed by atoms with Crippen molar-refractivity contribution >= 4 is 22.5 Å². The zero-order valence-electron chi connectivity index (χ0n) is 9.28. The van der Waals surface area contributed by atoms with Gasteiger partial charge in [0.05, 0.1) is 5.52 Å². The number of nitrogens with two attached hydrogens (primary N) is 1. The largest absolute Gasteiger partial charge is 0.328 e. The molecule has 2 N–H and O–H groups in total. The molecule has 16 heavy (non-hydrogen) atoms. The maximum absolute atomic E-state index is 6.21. The van der Waals surface area contributed by atoms with Crippen LogP contribution in [0.2, 0.25) is 5.02 Å². The standard InChI is InChI=1S/C13H15ClN2/c1-9(15)4-6-11-12(14)7-5-10-3-2-8-16-13(10)11/h2-3,5,7-9H,4,6,15H2,1H3/t9-/m0/s1. The summed E-state index contributed by atoms with van der Waals surface area (Å²) in [6, 6.07) is 8.11. The highest BCUT2D eigenvalue weighted by atomic mass is 35.5. The first kappa shape index (κ1) is 11.4. The SMILES string of the molecule is C[C@H](N)CCc1c(Cl)ccc2cccnc12. The van der Waals surface area contributed by atoms with Crippen molar-refractivity contribution in [3.8, 4) is 0 Å². The maximum atomic E-state index is 6.21. The molecule has 0 radical (unpaired) electrons. The molecule has 0 spiro atoms. The van der Waals surface area contributed by atoms with Crippen molar-refractivity contribution in [2.75, 3.05) is 0 Å². The van der Waals surface area contributed by atoms with Gasteiger partial charge in [-0.25, -0.2) is 0 Å². The fraction of sp³-hybridized carbons (Fsp3) is 0.308. The van der Waals surface area contributed by atoms with Crippen LogP contribution < -0.4 is 5.73 Å². The lowest BCUT2D eigenvalue weighted by atomic mass is 10.0. The minimum absolute atomic E-state index is 0.190. The highest BCUT2D eigenvalue weighted by Gasteiger charge is 2.07. The first-order chi connectivity index (χ1) is 7.68. The Kier molecular flexibility index (Phi) is 3.42. The second kappa shape index (κ2) is 4.81. The number of hydrogen-bond acceptors (Lipinski definition) is 2. The first-order valence-electron chi connectivity index (χ1n) is 5.46. The molecule has 3 heteroatoms. The van der Waals surface area contributed by atoms with Gasteiger partial charge in [0, 0.05) is 22.6 Å². The van der Waals surface area contributed by atoms with Crippen LogP contribution in [0.25, 0.3) is 10.9 Å². The Morgan fingerprint density at radius 3 is 2.94 bits per heavy atom. The third-order valence-electron chi connectivity index (χ3n) is 2.67. The number of hydrogen-bond donors (Lipinski definition) is 1. The van der Waals surface area contributed by atoms with Gasteiger partial charge in [0.15, 0.2) is 0 Å². The molecule has 0 amide bonds. The van der Waals surface area contributed by atoms with Crippen molar-refractivity contribution in [2.45, 2.75) is 25.8 Å². The Bertz CT molecular complexity index is 494. The minimum Gasteiger partial charge on any atom is -0.328 e. The Morgan fingerprint density at radius 1 is 1.38 bits per heavy atom. The Hall–Kier alpha value is -1.12. The number of fused-ring (bicyclic) bond motifs is 1. The third-order valence-corrected chi connectivity index (χ3v) is 3.03. The lowest BCUT2D eigenvalue weighted by Crippen LogP contribution is -2.15. The van der Waals surface area contributed by atoms with E-state index in [1.165, 1.54) is 0 Å². The topological polar surface area (TPSA) is 38.9 Å². The summed E-state index contributed by atoms with van der Waals surface area (Å²) >= 11 is 6.21. The van der Waals surface area contributed by atoms with E-state index in [1.54, 1.807) is 6.20 Å². The van der Waals surface area contributed by atoms with E-state index in [-0.39, 0.29) is 6.04 Å². The van der Waals surface area contributed by atoms with Gasteiger partial charge in [0.2, 0.25) is 0 Å². The van der Waals surface area contributed by atoms with E-state index >= 15 is 0 Å². The van der Waals surface area contributed by atoms with Crippen LogP contribution in [0.5, 0.6) is 0 Å². The summed E-state index contributed by atoms with van der Waals surface area (Å²) in [5.41, 5.74) is 7.88. The molecule has 0 aliphatic heterocycles. The number of rotatable bonds is 3. The van der Waals surface area contributed by atoms with Crippen molar-refractivity contribution in [3.63, 3.8) is 0 Å². The molecule has 0 unspecified atom stereocenters. The van der Waals surface area contributed by atoms with E-state index in [1.807, 2.05) is 31.2 Å². The van der Waals surface area contributed by atoms with Crippen molar-refractivity contribution < 1.29 is 0 Å². The zero-order chi connectivity index (χ0) is 11.5. The van der Waals surface area contributed by atoms with Gasteiger partial charge in [-0.1, -0.05) is 23.7 Å². The molecule has 0 saturated heterocycles. The molecule has 0 saturated carbocycles. The van der Waals surface area contributed by atoms with E-state index in [0.717, 1.165) is 34.3 Å². The van der Waals surface area contributed by atoms with Crippen LogP contribution in [-0.2, 0) is 6.42 Å². The lowest BCUT2D eigenvalue weighted by Gasteiger charge is -2.09. The molecule has 2 nitrogen and oxygen atoms in total. The second-order valence-electron chi connectivity index (χ2n) is 4.12. The van der Waals surface area contributed by atoms with Crippen LogP contribution in [0.15, 0.2) is 30.5 Å². The van der Waals surface area contributed by atoms with Gasteiger partial charge in [-0.2, -0.15) is 0 Å². The molecule has 2 rings (SSSR count). The molecule has 1 aromatic heterocycles. The molecule has 0 aliphatic carbocycles. The number of halogens is 1. The summed E-state index contributed by atoms with van der Waals surface area (Å²) in [6.45, 7) is 2.01. The van der Waals surface area contributed by atoms with Crippen molar-refractivity contribution in [1.29, 1.82) is 0 Å². The maximum Gasteiger partial charge on any atom is 0.0748 e. The van der Waals surface area contributed by atoms with Crippen molar-refractivity contribution in [1.82, 2.24) is 4.98 Å². The molecule has 1 atom stereocenters. The molecule has 2 aromatic rings. The zero-order valence-corrected chi connectivity index (χ0v) is 10.0. The Balaban J connectivity index is 2.44. The molecule has 1 heterocycles. The first-order valence-corrected chi connectivity index (χ1v) is 5.84. The predicted molar refractivity (Wildman–Crippen MR) is 68.7 cm³/mol. The summed E-state index contributed by atoms with van der Waals surface area (Å²) < 4.78 is 0. The monoisotopic (exact) mass is 234 g/mol. The van der Waals surface area contributed by atoms with Crippen LogP contribution in [0, 0.1) is 0 Å². The number of nitrogens with zero attached hydrogens (tertiary/aromatic N) is 1. The summed E-state index contributed by atoms with van der Waals surface area (Å²) in [5, 5.41) is 1.92. The Labute approximate surface area is 100 Å². The Morgan fingerprint density at radius 2 is 2.19 bits per heavy atom. The highest BCUT2D eigenvalue weighted by molar-refractivity contribution is 6.32. The molecular weight excluding hydrogens is 220 g/mol. The van der Waals surface area contributed by atoms with Gasteiger partial charge in [0.1, 0.15) is 0 Å². The van der Waals surface area contributed by atoms with E-state index < -0.39 is 0 Å². The normalized spacial score (nSPS) is 12.9. The number of aromatic nitrogens is 1. The molecule has 0 fully saturated rings. The van der Waals surface area contributed by atoms with Gasteiger partial charge in [-0.05, 0) is 37.5 Å². The highest BCUT2D eigenvalue weighted by Crippen LogP contribution is 2.25. The number of pyridine rings is 1. The van der Waals surface area contributed by atoms with Gasteiger partial charge in [0.25, 0.3) is 0 Å². The average Bonchev–Trinajstić information content (AvgIpc) is 2.27.